The van der Waals surface area contributed by atoms with Gasteiger partial charge >= 0.3 is 0 Å². The van der Waals surface area contributed by atoms with Gasteiger partial charge in [-0.1, -0.05) is 15.9 Å². The van der Waals surface area contributed by atoms with Gasteiger partial charge in [0.15, 0.2) is 0 Å². The highest BCUT2D eigenvalue weighted by Crippen LogP contribution is 2.38. The first-order valence-electron chi connectivity index (χ1n) is 6.29. The second-order valence-corrected chi connectivity index (χ2v) is 6.35. The van der Waals surface area contributed by atoms with E-state index in [1.165, 1.54) is 0 Å². The summed E-state index contributed by atoms with van der Waals surface area (Å²) in [6, 6.07) is 6.13. The smallest absolute Gasteiger partial charge is 0.233 e. The fourth-order valence-corrected chi connectivity index (χ4v) is 3.35. The van der Waals surface area contributed by atoms with Crippen LogP contribution in [0.1, 0.15) is 24.4 Å². The lowest BCUT2D eigenvalue weighted by Gasteiger charge is -2.26. The predicted molar refractivity (Wildman–Crippen MR) is 82.8 cm³/mol. The van der Waals surface area contributed by atoms with Crippen LogP contribution in [0, 0.1) is 0 Å². The summed E-state index contributed by atoms with van der Waals surface area (Å²) in [7, 11) is 1.68. The number of nitrogens with zero attached hydrogens (tertiary/aromatic N) is 1. The van der Waals surface area contributed by atoms with Crippen molar-refractivity contribution < 1.29 is 9.53 Å². The van der Waals surface area contributed by atoms with E-state index < -0.39 is 0 Å². The fourth-order valence-electron chi connectivity index (χ4n) is 2.56. The molecule has 1 aromatic carbocycles. The molecule has 1 amide bonds. The van der Waals surface area contributed by atoms with Crippen molar-refractivity contribution in [3.63, 3.8) is 0 Å². The topological polar surface area (TPSA) is 29.5 Å². The monoisotopic (exact) mass is 343 g/mol. The first kappa shape index (κ1) is 14.7. The summed E-state index contributed by atoms with van der Waals surface area (Å²) in [5, 5.41) is 0. The maximum Gasteiger partial charge on any atom is 0.233 e. The summed E-state index contributed by atoms with van der Waals surface area (Å²) >= 11 is 5.07. The largest absolute Gasteiger partial charge is 0.496 e. The van der Waals surface area contributed by atoms with Gasteiger partial charge in [0.05, 0.1) is 18.9 Å². The molecule has 3 nitrogen and oxygen atoms in total. The molecular weight excluding hydrogens is 326 g/mol. The zero-order valence-corrected chi connectivity index (χ0v) is 13.6. The van der Waals surface area contributed by atoms with Gasteiger partial charge in [-0.25, -0.2) is 0 Å². The van der Waals surface area contributed by atoms with Gasteiger partial charge in [-0.05, 0) is 37.3 Å². The van der Waals surface area contributed by atoms with Crippen molar-refractivity contribution >= 4 is 33.6 Å². The molecule has 0 N–H and O–H groups in total. The Bertz CT molecular complexity index is 467. The number of carbonyl (C=O) groups excluding carboxylic acids is 1. The number of thioether (sulfide) groups is 1. The van der Waals surface area contributed by atoms with Gasteiger partial charge in [-0.2, -0.15) is 11.8 Å². The molecule has 1 saturated heterocycles. The lowest BCUT2D eigenvalue weighted by Crippen LogP contribution is -2.32. The minimum atomic E-state index is 0.145. The molecule has 1 fully saturated rings. The maximum atomic E-state index is 12.2. The molecule has 0 bridgehead atoms. The maximum absolute atomic E-state index is 12.2. The van der Waals surface area contributed by atoms with Gasteiger partial charge in [0.1, 0.15) is 5.75 Å². The van der Waals surface area contributed by atoms with Crippen LogP contribution in [0.25, 0.3) is 0 Å². The molecule has 2 rings (SSSR count). The van der Waals surface area contributed by atoms with Gasteiger partial charge in [-0.3, -0.25) is 4.79 Å². The van der Waals surface area contributed by atoms with Crippen LogP contribution < -0.4 is 4.74 Å². The average molecular weight is 344 g/mol. The fraction of sp³-hybridized carbons (Fsp3) is 0.500. The average Bonchev–Trinajstić information content (AvgIpc) is 2.88. The molecule has 1 aliphatic rings. The van der Waals surface area contributed by atoms with E-state index in [0.717, 1.165) is 35.2 Å². The molecule has 0 radical (unpaired) electrons. The number of ether oxygens (including phenoxy) is 1. The Morgan fingerprint density at radius 2 is 2.37 bits per heavy atom. The highest BCUT2D eigenvalue weighted by molar-refractivity contribution is 9.10. The molecule has 0 saturated carbocycles. The number of methoxy groups -OCH3 is 1. The normalized spacial score (nSPS) is 18.7. The van der Waals surface area contributed by atoms with Crippen molar-refractivity contribution in [1.29, 1.82) is 0 Å². The molecule has 1 atom stereocenters. The van der Waals surface area contributed by atoms with Crippen molar-refractivity contribution in [1.82, 2.24) is 4.90 Å². The SMILES string of the molecule is COc1ccc(Br)cc1[C@H]1CCCN1C(=O)CSC. The van der Waals surface area contributed by atoms with E-state index in [4.69, 9.17) is 4.74 Å². The van der Waals surface area contributed by atoms with Crippen LogP contribution in [-0.2, 0) is 4.79 Å². The van der Waals surface area contributed by atoms with Gasteiger partial charge < -0.3 is 9.64 Å². The van der Waals surface area contributed by atoms with E-state index in [0.29, 0.717) is 5.75 Å². The van der Waals surface area contributed by atoms with Crippen molar-refractivity contribution in [2.45, 2.75) is 18.9 Å². The van der Waals surface area contributed by atoms with Crippen LogP contribution in [0.3, 0.4) is 0 Å². The number of carbonyl (C=O) groups is 1. The summed E-state index contributed by atoms with van der Waals surface area (Å²) in [5.74, 6) is 1.63. The highest BCUT2D eigenvalue weighted by atomic mass is 79.9. The van der Waals surface area contributed by atoms with Crippen LogP contribution in [0.4, 0.5) is 0 Å². The van der Waals surface area contributed by atoms with Crippen LogP contribution in [-0.4, -0.2) is 36.5 Å². The van der Waals surface area contributed by atoms with E-state index in [2.05, 4.69) is 22.0 Å². The first-order chi connectivity index (χ1) is 9.17. The third-order valence-corrected chi connectivity index (χ3v) is 4.42. The summed E-state index contributed by atoms with van der Waals surface area (Å²) in [4.78, 5) is 14.2. The van der Waals surface area contributed by atoms with Crippen LogP contribution in [0.15, 0.2) is 22.7 Å². The van der Waals surface area contributed by atoms with E-state index in [-0.39, 0.29) is 11.9 Å². The lowest BCUT2D eigenvalue weighted by molar-refractivity contribution is -0.129. The Balaban J connectivity index is 2.29. The quantitative estimate of drug-likeness (QED) is 0.838. The molecule has 19 heavy (non-hydrogen) atoms. The Hall–Kier alpha value is -0.680. The molecule has 1 aliphatic heterocycles. The molecule has 104 valence electrons. The van der Waals surface area contributed by atoms with Crippen LogP contribution >= 0.6 is 27.7 Å². The molecule has 0 aromatic heterocycles. The van der Waals surface area contributed by atoms with E-state index in [1.807, 2.05) is 23.3 Å². The van der Waals surface area contributed by atoms with E-state index >= 15 is 0 Å². The molecule has 0 unspecified atom stereocenters. The van der Waals surface area contributed by atoms with Crippen LogP contribution in [0.2, 0.25) is 0 Å². The minimum absolute atomic E-state index is 0.145. The Labute approximate surface area is 126 Å². The minimum Gasteiger partial charge on any atom is -0.496 e. The standard InChI is InChI=1S/C14H18BrNO2S/c1-18-13-6-5-10(15)8-11(13)12-4-3-7-16(12)14(17)9-19-2/h5-6,8,12H,3-4,7,9H2,1-2H3/t12-/m1/s1. The Kier molecular flexibility index (Phi) is 5.16. The van der Waals surface area contributed by atoms with Gasteiger partial charge in [0, 0.05) is 16.6 Å². The second kappa shape index (κ2) is 6.66. The van der Waals surface area contributed by atoms with Gasteiger partial charge in [0.25, 0.3) is 0 Å². The highest BCUT2D eigenvalue weighted by Gasteiger charge is 2.31. The van der Waals surface area contributed by atoms with Crippen molar-refractivity contribution in [2.75, 3.05) is 25.7 Å². The van der Waals surface area contributed by atoms with Gasteiger partial charge in [0.2, 0.25) is 5.91 Å². The zero-order valence-electron chi connectivity index (χ0n) is 11.2. The number of likely N-dealkylation sites (tertiary alicyclic amines) is 1. The van der Waals surface area contributed by atoms with Gasteiger partial charge in [-0.15, -0.1) is 0 Å². The Morgan fingerprint density at radius 3 is 3.05 bits per heavy atom. The number of benzene rings is 1. The predicted octanol–water partition coefficient (Wildman–Crippen LogP) is 3.48. The van der Waals surface area contributed by atoms with Crippen molar-refractivity contribution in [2.24, 2.45) is 0 Å². The summed E-state index contributed by atoms with van der Waals surface area (Å²) < 4.78 is 6.46. The number of rotatable bonds is 4. The van der Waals surface area contributed by atoms with Crippen LogP contribution in [0.5, 0.6) is 5.75 Å². The summed E-state index contributed by atoms with van der Waals surface area (Å²) in [6.07, 6.45) is 4.02. The lowest BCUT2D eigenvalue weighted by atomic mass is 10.0. The number of hydrogen-bond donors (Lipinski definition) is 0. The first-order valence-corrected chi connectivity index (χ1v) is 8.48. The summed E-state index contributed by atoms with van der Waals surface area (Å²) in [6.45, 7) is 0.847. The zero-order chi connectivity index (χ0) is 13.8. The molecule has 0 spiro atoms. The van der Waals surface area contributed by atoms with Crippen molar-refractivity contribution in [3.8, 4) is 5.75 Å². The second-order valence-electron chi connectivity index (χ2n) is 4.56. The molecule has 1 heterocycles. The number of hydrogen-bond acceptors (Lipinski definition) is 3. The number of amides is 1. The third-order valence-electron chi connectivity index (χ3n) is 3.39. The van der Waals surface area contributed by atoms with Crippen molar-refractivity contribution in [3.05, 3.63) is 28.2 Å². The molecule has 1 aromatic rings. The number of halogens is 1. The van der Waals surface area contributed by atoms with E-state index in [1.54, 1.807) is 18.9 Å². The van der Waals surface area contributed by atoms with E-state index in [9.17, 15) is 4.79 Å². The Morgan fingerprint density at radius 1 is 1.58 bits per heavy atom. The summed E-state index contributed by atoms with van der Waals surface area (Å²) in [5.41, 5.74) is 1.10. The third kappa shape index (κ3) is 3.26. The molecular formula is C14H18BrNO2S. The molecule has 5 heteroatoms. The molecule has 0 aliphatic carbocycles.